The highest BCUT2D eigenvalue weighted by Crippen LogP contribution is 2.37. The van der Waals surface area contributed by atoms with Gasteiger partial charge in [0, 0.05) is 24.6 Å². The molecule has 0 saturated heterocycles. The summed E-state index contributed by atoms with van der Waals surface area (Å²) in [7, 11) is 1.66. The van der Waals surface area contributed by atoms with Crippen LogP contribution in [0.2, 0.25) is 0 Å². The van der Waals surface area contributed by atoms with Gasteiger partial charge in [0.05, 0.1) is 7.11 Å². The van der Waals surface area contributed by atoms with E-state index >= 15 is 0 Å². The molecule has 7 nitrogen and oxygen atoms in total. The van der Waals surface area contributed by atoms with Crippen LogP contribution in [-0.2, 0) is 0 Å². The zero-order valence-corrected chi connectivity index (χ0v) is 14.4. The van der Waals surface area contributed by atoms with Crippen LogP contribution in [0.5, 0.6) is 5.75 Å². The maximum atomic E-state index is 12.4. The summed E-state index contributed by atoms with van der Waals surface area (Å²) in [6.07, 6.45) is 8.48. The van der Waals surface area contributed by atoms with Gasteiger partial charge in [-0.05, 0) is 42.5 Å². The van der Waals surface area contributed by atoms with E-state index in [9.17, 15) is 4.79 Å². The topological polar surface area (TPSA) is 81.9 Å². The molecule has 2 heterocycles. The van der Waals surface area contributed by atoms with Crippen molar-refractivity contribution in [2.45, 2.75) is 24.8 Å². The number of imidazole rings is 1. The maximum Gasteiger partial charge on any atom is 0.289 e. The third-order valence-electron chi connectivity index (χ3n) is 4.67. The third-order valence-corrected chi connectivity index (χ3v) is 4.67. The van der Waals surface area contributed by atoms with Crippen LogP contribution in [0.15, 0.2) is 55.2 Å². The van der Waals surface area contributed by atoms with Crippen molar-refractivity contribution in [1.29, 1.82) is 0 Å². The first-order valence-corrected chi connectivity index (χ1v) is 8.49. The quantitative estimate of drug-likeness (QED) is 0.765. The summed E-state index contributed by atoms with van der Waals surface area (Å²) in [6.45, 7) is 0. The summed E-state index contributed by atoms with van der Waals surface area (Å²) >= 11 is 0. The smallest absolute Gasteiger partial charge is 0.289 e. The minimum Gasteiger partial charge on any atom is -0.497 e. The number of carbonyl (C=O) groups is 1. The molecule has 0 spiro atoms. The van der Waals surface area contributed by atoms with Gasteiger partial charge in [0.1, 0.15) is 17.9 Å². The van der Waals surface area contributed by atoms with Gasteiger partial charge in [0.15, 0.2) is 0 Å². The van der Waals surface area contributed by atoms with Crippen LogP contribution in [-0.4, -0.2) is 38.6 Å². The highest BCUT2D eigenvalue weighted by Gasteiger charge is 2.32. The number of hydrogen-bond donors (Lipinski definition) is 1. The Morgan fingerprint density at radius 2 is 2.00 bits per heavy atom. The van der Waals surface area contributed by atoms with E-state index < -0.39 is 0 Å². The van der Waals surface area contributed by atoms with Gasteiger partial charge in [0.2, 0.25) is 5.82 Å². The van der Waals surface area contributed by atoms with Gasteiger partial charge in [-0.3, -0.25) is 9.36 Å². The van der Waals surface area contributed by atoms with Gasteiger partial charge in [-0.15, -0.1) is 0 Å². The number of rotatable bonds is 5. The second-order valence-corrected chi connectivity index (χ2v) is 6.32. The largest absolute Gasteiger partial charge is 0.497 e. The molecular weight excluding hydrogens is 330 g/mol. The van der Waals surface area contributed by atoms with Crippen molar-refractivity contribution >= 4 is 5.91 Å². The molecule has 0 bridgehead atoms. The number of hydrogen-bond acceptors (Lipinski definition) is 5. The summed E-state index contributed by atoms with van der Waals surface area (Å²) in [5, 5.41) is 3.01. The van der Waals surface area contributed by atoms with Gasteiger partial charge in [-0.25, -0.2) is 15.0 Å². The molecule has 0 unspecified atom stereocenters. The van der Waals surface area contributed by atoms with E-state index in [4.69, 9.17) is 4.74 Å². The number of methoxy groups -OCH3 is 1. The molecule has 1 fully saturated rings. The van der Waals surface area contributed by atoms with Gasteiger partial charge >= 0.3 is 0 Å². The summed E-state index contributed by atoms with van der Waals surface area (Å²) in [5.41, 5.74) is 1.27. The van der Waals surface area contributed by atoms with Crippen molar-refractivity contribution in [3.05, 3.63) is 66.6 Å². The number of nitrogens with zero attached hydrogens (tertiary/aromatic N) is 4. The molecule has 1 amide bonds. The Kier molecular flexibility index (Phi) is 4.35. The second-order valence-electron chi connectivity index (χ2n) is 6.32. The number of benzene rings is 1. The number of ether oxygens (including phenoxy) is 1. The molecular formula is C19H19N5O2. The molecule has 1 aliphatic carbocycles. The number of aromatic nitrogens is 4. The van der Waals surface area contributed by atoms with Crippen LogP contribution in [0.1, 0.15) is 34.9 Å². The van der Waals surface area contributed by atoms with Crippen LogP contribution < -0.4 is 10.1 Å². The third kappa shape index (κ3) is 3.28. The first-order chi connectivity index (χ1) is 12.7. The molecule has 1 N–H and O–H groups in total. The fourth-order valence-corrected chi connectivity index (χ4v) is 3.13. The molecule has 1 aliphatic rings. The zero-order valence-electron chi connectivity index (χ0n) is 14.4. The first kappa shape index (κ1) is 16.3. The van der Waals surface area contributed by atoms with E-state index in [-0.39, 0.29) is 17.8 Å². The van der Waals surface area contributed by atoms with Crippen LogP contribution in [0.3, 0.4) is 0 Å². The van der Waals surface area contributed by atoms with Crippen molar-refractivity contribution < 1.29 is 9.53 Å². The Labute approximate surface area is 151 Å². The van der Waals surface area contributed by atoms with Crippen LogP contribution in [0, 0.1) is 0 Å². The number of nitrogens with one attached hydrogen (secondary N) is 1. The first-order valence-electron chi connectivity index (χ1n) is 8.49. The van der Waals surface area contributed by atoms with Gasteiger partial charge in [-0.1, -0.05) is 12.1 Å². The summed E-state index contributed by atoms with van der Waals surface area (Å²) in [4.78, 5) is 24.8. The normalized spacial score (nSPS) is 18.8. The maximum absolute atomic E-state index is 12.4. The minimum absolute atomic E-state index is 0.148. The van der Waals surface area contributed by atoms with Gasteiger partial charge in [0.25, 0.3) is 5.91 Å². The Morgan fingerprint density at radius 3 is 2.69 bits per heavy atom. The zero-order chi connectivity index (χ0) is 17.9. The van der Waals surface area contributed by atoms with Crippen molar-refractivity contribution in [1.82, 2.24) is 24.8 Å². The molecule has 0 atom stereocenters. The molecule has 2 aromatic heterocycles. The van der Waals surface area contributed by atoms with E-state index in [0.29, 0.717) is 11.7 Å². The van der Waals surface area contributed by atoms with E-state index in [1.807, 2.05) is 12.1 Å². The average Bonchev–Trinajstić information content (AvgIpc) is 3.19. The fraction of sp³-hybridized carbons (Fsp3) is 0.263. The van der Waals surface area contributed by atoms with E-state index in [2.05, 4.69) is 32.4 Å². The van der Waals surface area contributed by atoms with Gasteiger partial charge < -0.3 is 10.1 Å². The van der Waals surface area contributed by atoms with E-state index in [1.54, 1.807) is 42.7 Å². The monoisotopic (exact) mass is 349 g/mol. The van der Waals surface area contributed by atoms with Gasteiger partial charge in [-0.2, -0.15) is 0 Å². The molecule has 7 heteroatoms. The molecule has 0 radical (unpaired) electrons. The Morgan fingerprint density at radius 1 is 1.19 bits per heavy atom. The average molecular weight is 349 g/mol. The van der Waals surface area contributed by atoms with Crippen molar-refractivity contribution in [2.24, 2.45) is 0 Å². The lowest BCUT2D eigenvalue weighted by molar-refractivity contribution is 0.0898. The van der Waals surface area contributed by atoms with Crippen LogP contribution in [0.25, 0.3) is 5.82 Å². The number of carbonyl (C=O) groups excluding carboxylic acids is 1. The Bertz CT molecular complexity index is 887. The molecule has 4 rings (SSSR count). The molecule has 0 aliphatic heterocycles. The lowest BCUT2D eigenvalue weighted by atomic mass is 9.76. The number of amides is 1. The second kappa shape index (κ2) is 6.95. The minimum atomic E-state index is -0.245. The Balaban J connectivity index is 1.35. The van der Waals surface area contributed by atoms with E-state index in [1.165, 1.54) is 5.56 Å². The molecule has 132 valence electrons. The lowest BCUT2D eigenvalue weighted by Gasteiger charge is -2.36. The van der Waals surface area contributed by atoms with Crippen LogP contribution >= 0.6 is 0 Å². The molecule has 1 aromatic carbocycles. The van der Waals surface area contributed by atoms with Crippen LogP contribution in [0.4, 0.5) is 0 Å². The summed E-state index contributed by atoms with van der Waals surface area (Å²) < 4.78 is 6.92. The Hall–Kier alpha value is -3.22. The summed E-state index contributed by atoms with van der Waals surface area (Å²) in [5.74, 6) is 1.86. The standard InChI is InChI=1S/C19H19N5O2/c1-26-16-4-2-13(3-5-16)14-10-15(11-14)22-19(25)18-21-7-6-17(23-18)24-9-8-20-12-24/h2-9,12,14-15H,10-11H2,1H3,(H,22,25)/t14-,15-. The molecule has 26 heavy (non-hydrogen) atoms. The predicted octanol–water partition coefficient (Wildman–Crippen LogP) is 2.35. The summed E-state index contributed by atoms with van der Waals surface area (Å²) in [6, 6.07) is 9.99. The molecule has 3 aromatic rings. The highest BCUT2D eigenvalue weighted by atomic mass is 16.5. The van der Waals surface area contributed by atoms with Crippen molar-refractivity contribution in [2.75, 3.05) is 7.11 Å². The van der Waals surface area contributed by atoms with Crippen molar-refractivity contribution in [3.8, 4) is 11.6 Å². The fourth-order valence-electron chi connectivity index (χ4n) is 3.13. The SMILES string of the molecule is COc1ccc([C@H]2C[C@H](NC(=O)c3nccc(-n4ccnc4)n3)C2)cc1. The molecule has 1 saturated carbocycles. The highest BCUT2D eigenvalue weighted by molar-refractivity contribution is 5.90. The predicted molar refractivity (Wildman–Crippen MR) is 95.4 cm³/mol. The lowest BCUT2D eigenvalue weighted by Crippen LogP contribution is -2.43. The van der Waals surface area contributed by atoms with Crippen molar-refractivity contribution in [3.63, 3.8) is 0 Å². The van der Waals surface area contributed by atoms with E-state index in [0.717, 1.165) is 18.6 Å².